The van der Waals surface area contributed by atoms with E-state index in [1.165, 1.54) is 6.07 Å². The molecular weight excluding hydrogens is 269 g/mol. The van der Waals surface area contributed by atoms with Gasteiger partial charge in [0.25, 0.3) is 0 Å². The van der Waals surface area contributed by atoms with E-state index in [1.54, 1.807) is 0 Å². The first kappa shape index (κ1) is 12.1. The van der Waals surface area contributed by atoms with Gasteiger partial charge in [0, 0.05) is 6.07 Å². The Labute approximate surface area is 106 Å². The molecule has 8 heteroatoms. The molecule has 1 amide bonds. The van der Waals surface area contributed by atoms with Gasteiger partial charge in [-0.05, 0) is 18.0 Å². The molecule has 0 aromatic carbocycles. The number of amides is 1. The number of halogens is 2. The fourth-order valence-electron chi connectivity index (χ4n) is 1.43. The van der Waals surface area contributed by atoms with Crippen LogP contribution in [0.1, 0.15) is 6.42 Å². The summed E-state index contributed by atoms with van der Waals surface area (Å²) in [6.45, 7) is 0. The van der Waals surface area contributed by atoms with Crippen molar-refractivity contribution in [2.45, 2.75) is 6.42 Å². The normalized spacial score (nSPS) is 22.0. The van der Waals surface area contributed by atoms with Crippen LogP contribution < -0.4 is 5.32 Å². The van der Waals surface area contributed by atoms with E-state index >= 15 is 0 Å². The topological polar surface area (TPSA) is 92.2 Å². The largest absolute Gasteiger partial charge is 0.481 e. The molecule has 0 spiro atoms. The number of rotatable bonds is 3. The second-order valence-corrected chi connectivity index (χ2v) is 4.35. The number of hydrogen-bond acceptors (Lipinski definition) is 4. The molecule has 0 aliphatic heterocycles. The predicted octanol–water partition coefficient (Wildman–Crippen LogP) is 1.44. The van der Waals surface area contributed by atoms with Crippen LogP contribution in [0.4, 0.5) is 5.82 Å². The number of carboxylic acid groups (broad SMARTS) is 1. The summed E-state index contributed by atoms with van der Waals surface area (Å²) in [6, 6.07) is 1.34. The third-order valence-electron chi connectivity index (χ3n) is 2.36. The molecule has 1 aliphatic carbocycles. The highest BCUT2D eigenvalue weighted by Gasteiger charge is 2.48. The van der Waals surface area contributed by atoms with E-state index in [0.717, 1.165) is 0 Å². The summed E-state index contributed by atoms with van der Waals surface area (Å²) in [6.07, 6.45) is 0.341. The second kappa shape index (κ2) is 4.46. The highest BCUT2D eigenvalue weighted by molar-refractivity contribution is 6.32. The van der Waals surface area contributed by atoms with E-state index in [-0.39, 0.29) is 16.3 Å². The maximum absolute atomic E-state index is 11.6. The molecule has 0 bridgehead atoms. The van der Waals surface area contributed by atoms with Crippen LogP contribution >= 0.6 is 23.2 Å². The Kier molecular flexibility index (Phi) is 3.17. The number of anilines is 1. The van der Waals surface area contributed by atoms with Crippen molar-refractivity contribution in [3.8, 4) is 0 Å². The van der Waals surface area contributed by atoms with Gasteiger partial charge in [-0.15, -0.1) is 0 Å². The summed E-state index contributed by atoms with van der Waals surface area (Å²) in [7, 11) is 0. The van der Waals surface area contributed by atoms with Crippen molar-refractivity contribution in [3.05, 3.63) is 16.5 Å². The molecular formula is C9H7Cl2N3O3. The lowest BCUT2D eigenvalue weighted by molar-refractivity contribution is -0.139. The van der Waals surface area contributed by atoms with Gasteiger partial charge in [0.15, 0.2) is 0 Å². The van der Waals surface area contributed by atoms with Gasteiger partial charge in [-0.25, -0.2) is 9.97 Å². The number of carbonyl (C=O) groups is 2. The fourth-order valence-corrected chi connectivity index (χ4v) is 1.84. The van der Waals surface area contributed by atoms with Crippen LogP contribution in [0.2, 0.25) is 10.4 Å². The molecule has 1 aromatic heterocycles. The Hall–Kier alpha value is -1.40. The van der Waals surface area contributed by atoms with E-state index < -0.39 is 23.7 Å². The van der Waals surface area contributed by atoms with Crippen LogP contribution in [-0.4, -0.2) is 27.0 Å². The van der Waals surface area contributed by atoms with Gasteiger partial charge < -0.3 is 10.4 Å². The Morgan fingerprint density at radius 1 is 1.35 bits per heavy atom. The van der Waals surface area contributed by atoms with Crippen molar-refractivity contribution in [3.63, 3.8) is 0 Å². The summed E-state index contributed by atoms with van der Waals surface area (Å²) in [4.78, 5) is 29.5. The highest BCUT2D eigenvalue weighted by Crippen LogP contribution is 2.39. The lowest BCUT2D eigenvalue weighted by Crippen LogP contribution is -2.17. The Morgan fingerprint density at radius 2 is 2.06 bits per heavy atom. The zero-order chi connectivity index (χ0) is 12.6. The zero-order valence-electron chi connectivity index (χ0n) is 8.35. The molecule has 6 nitrogen and oxygen atoms in total. The first-order valence-electron chi connectivity index (χ1n) is 4.71. The van der Waals surface area contributed by atoms with E-state index in [9.17, 15) is 9.59 Å². The smallest absolute Gasteiger partial charge is 0.307 e. The number of aromatic nitrogens is 2. The van der Waals surface area contributed by atoms with Gasteiger partial charge in [0.2, 0.25) is 11.2 Å². The van der Waals surface area contributed by atoms with Gasteiger partial charge in [-0.3, -0.25) is 9.59 Å². The third kappa shape index (κ3) is 2.83. The zero-order valence-corrected chi connectivity index (χ0v) is 9.87. The van der Waals surface area contributed by atoms with Gasteiger partial charge >= 0.3 is 5.97 Å². The van der Waals surface area contributed by atoms with Crippen molar-refractivity contribution < 1.29 is 14.7 Å². The van der Waals surface area contributed by atoms with E-state index in [2.05, 4.69) is 15.3 Å². The van der Waals surface area contributed by atoms with E-state index in [1.807, 2.05) is 0 Å². The van der Waals surface area contributed by atoms with E-state index in [0.29, 0.717) is 6.42 Å². The number of nitrogens with one attached hydrogen (secondary N) is 1. The van der Waals surface area contributed by atoms with Crippen LogP contribution in [0.25, 0.3) is 0 Å². The first-order chi connectivity index (χ1) is 7.97. The summed E-state index contributed by atoms with van der Waals surface area (Å²) in [5, 5.41) is 11.1. The summed E-state index contributed by atoms with van der Waals surface area (Å²) < 4.78 is 0. The molecule has 1 saturated carbocycles. The molecule has 2 unspecified atom stereocenters. The molecule has 0 saturated heterocycles. The lowest BCUT2D eigenvalue weighted by atomic mass is 10.3. The minimum atomic E-state index is -0.969. The monoisotopic (exact) mass is 275 g/mol. The maximum Gasteiger partial charge on any atom is 0.307 e. The maximum atomic E-state index is 11.6. The predicted molar refractivity (Wildman–Crippen MR) is 59.9 cm³/mol. The average molecular weight is 276 g/mol. The number of carboxylic acids is 1. The van der Waals surface area contributed by atoms with Crippen LogP contribution in [0.3, 0.4) is 0 Å². The number of hydrogen-bond donors (Lipinski definition) is 2. The molecule has 1 fully saturated rings. The third-order valence-corrected chi connectivity index (χ3v) is 2.73. The van der Waals surface area contributed by atoms with Crippen molar-refractivity contribution in [2.75, 3.05) is 5.32 Å². The molecule has 0 radical (unpaired) electrons. The minimum Gasteiger partial charge on any atom is -0.481 e. The molecule has 1 heterocycles. The molecule has 17 heavy (non-hydrogen) atoms. The summed E-state index contributed by atoms with van der Waals surface area (Å²) in [5.74, 6) is -2.33. The van der Waals surface area contributed by atoms with Crippen molar-refractivity contribution in [1.82, 2.24) is 9.97 Å². The number of aliphatic carboxylic acids is 1. The van der Waals surface area contributed by atoms with Crippen LogP contribution in [0.5, 0.6) is 0 Å². The fraction of sp³-hybridized carbons (Fsp3) is 0.333. The Balaban J connectivity index is 2.02. The van der Waals surface area contributed by atoms with Crippen LogP contribution in [-0.2, 0) is 9.59 Å². The average Bonchev–Trinajstić information content (AvgIpc) is 2.94. The van der Waals surface area contributed by atoms with Crippen molar-refractivity contribution >= 4 is 40.9 Å². The van der Waals surface area contributed by atoms with Crippen molar-refractivity contribution in [1.29, 1.82) is 0 Å². The van der Waals surface area contributed by atoms with Gasteiger partial charge in [-0.2, -0.15) is 0 Å². The lowest BCUT2D eigenvalue weighted by Gasteiger charge is -2.03. The van der Waals surface area contributed by atoms with E-state index in [4.69, 9.17) is 28.3 Å². The Bertz CT molecular complexity index is 474. The van der Waals surface area contributed by atoms with Crippen LogP contribution in [0, 0.1) is 11.8 Å². The molecule has 2 rings (SSSR count). The molecule has 90 valence electrons. The SMILES string of the molecule is O=C(O)C1CC1C(=O)Nc1cc(Cl)nc(Cl)n1. The van der Waals surface area contributed by atoms with Gasteiger partial charge in [0.05, 0.1) is 11.8 Å². The van der Waals surface area contributed by atoms with Crippen molar-refractivity contribution in [2.24, 2.45) is 11.8 Å². The van der Waals surface area contributed by atoms with Gasteiger partial charge in [-0.1, -0.05) is 11.6 Å². The number of carbonyl (C=O) groups excluding carboxylic acids is 1. The van der Waals surface area contributed by atoms with Gasteiger partial charge in [0.1, 0.15) is 11.0 Å². The molecule has 2 atom stereocenters. The quantitative estimate of drug-likeness (QED) is 0.643. The van der Waals surface area contributed by atoms with Crippen LogP contribution in [0.15, 0.2) is 6.07 Å². The first-order valence-corrected chi connectivity index (χ1v) is 5.46. The summed E-state index contributed by atoms with van der Waals surface area (Å²) >= 11 is 11.2. The number of nitrogens with zero attached hydrogens (tertiary/aromatic N) is 2. The molecule has 2 N–H and O–H groups in total. The Morgan fingerprint density at radius 3 is 2.59 bits per heavy atom. The minimum absolute atomic E-state index is 0.0848. The summed E-state index contributed by atoms with van der Waals surface area (Å²) in [5.41, 5.74) is 0. The highest BCUT2D eigenvalue weighted by atomic mass is 35.5. The second-order valence-electron chi connectivity index (χ2n) is 3.62. The molecule has 1 aromatic rings. The molecule has 1 aliphatic rings. The standard InChI is InChI=1S/C9H7Cl2N3O3/c10-5-2-6(14-9(11)12-5)13-7(15)3-1-4(3)8(16)17/h2-4H,1H2,(H,16,17)(H,12,13,14,15).